The van der Waals surface area contributed by atoms with Gasteiger partial charge in [0.05, 0.1) is 0 Å². The fourth-order valence-corrected chi connectivity index (χ4v) is 2.34. The molecule has 0 saturated carbocycles. The van der Waals surface area contributed by atoms with E-state index in [4.69, 9.17) is 28.9 Å². The summed E-state index contributed by atoms with van der Waals surface area (Å²) in [6.07, 6.45) is 0. The Morgan fingerprint density at radius 2 is 1.70 bits per heavy atom. The molecule has 2 amide bonds. The molecule has 0 radical (unpaired) electrons. The molecule has 0 aliphatic rings. The third kappa shape index (κ3) is 4.33. The van der Waals surface area contributed by atoms with E-state index in [0.29, 0.717) is 22.3 Å². The molecule has 0 bridgehead atoms. The number of halogens is 2. The fourth-order valence-electron chi connectivity index (χ4n) is 1.77. The highest BCUT2D eigenvalue weighted by atomic mass is 35.5. The SMILES string of the molecule is NC(=O)Nc1cccc(NCc2cc(Cl)cc(Cl)c2)c1. The first-order valence-electron chi connectivity index (χ1n) is 5.88. The van der Waals surface area contributed by atoms with Gasteiger partial charge in [0.2, 0.25) is 0 Å². The van der Waals surface area contributed by atoms with Crippen LogP contribution in [-0.4, -0.2) is 6.03 Å². The summed E-state index contributed by atoms with van der Waals surface area (Å²) in [6, 6.07) is 12.0. The number of urea groups is 1. The number of hydrogen-bond acceptors (Lipinski definition) is 2. The van der Waals surface area contributed by atoms with E-state index >= 15 is 0 Å². The molecule has 2 rings (SSSR count). The third-order valence-corrected chi connectivity index (χ3v) is 2.99. The Labute approximate surface area is 126 Å². The van der Waals surface area contributed by atoms with Crippen LogP contribution in [-0.2, 0) is 6.54 Å². The highest BCUT2D eigenvalue weighted by Crippen LogP contribution is 2.21. The minimum absolute atomic E-state index is 0.570. The number of benzene rings is 2. The van der Waals surface area contributed by atoms with Crippen LogP contribution >= 0.6 is 23.2 Å². The highest BCUT2D eigenvalue weighted by Gasteiger charge is 2.00. The summed E-state index contributed by atoms with van der Waals surface area (Å²) in [5, 5.41) is 6.93. The van der Waals surface area contributed by atoms with E-state index in [9.17, 15) is 4.79 Å². The van der Waals surface area contributed by atoms with Crippen molar-refractivity contribution in [2.75, 3.05) is 10.6 Å². The molecule has 6 heteroatoms. The molecule has 20 heavy (non-hydrogen) atoms. The van der Waals surface area contributed by atoms with Crippen molar-refractivity contribution >= 4 is 40.6 Å². The first kappa shape index (κ1) is 14.5. The molecule has 0 atom stereocenters. The van der Waals surface area contributed by atoms with Crippen molar-refractivity contribution in [1.82, 2.24) is 0 Å². The van der Waals surface area contributed by atoms with Crippen molar-refractivity contribution in [3.8, 4) is 0 Å². The molecule has 0 saturated heterocycles. The molecule has 2 aromatic rings. The average molecular weight is 310 g/mol. The minimum atomic E-state index is -0.594. The van der Waals surface area contributed by atoms with Gasteiger partial charge in [-0.3, -0.25) is 0 Å². The van der Waals surface area contributed by atoms with Crippen molar-refractivity contribution in [1.29, 1.82) is 0 Å². The number of nitrogens with one attached hydrogen (secondary N) is 2. The van der Waals surface area contributed by atoms with Crippen LogP contribution in [0.1, 0.15) is 5.56 Å². The molecule has 104 valence electrons. The number of carbonyl (C=O) groups excluding carboxylic acids is 1. The summed E-state index contributed by atoms with van der Waals surface area (Å²) in [5.41, 5.74) is 7.53. The lowest BCUT2D eigenvalue weighted by Crippen LogP contribution is -2.19. The van der Waals surface area contributed by atoms with Crippen molar-refractivity contribution in [3.05, 3.63) is 58.1 Å². The predicted molar refractivity (Wildman–Crippen MR) is 83.4 cm³/mol. The van der Waals surface area contributed by atoms with Crippen molar-refractivity contribution in [2.45, 2.75) is 6.54 Å². The van der Waals surface area contributed by atoms with Crippen LogP contribution < -0.4 is 16.4 Å². The molecule has 0 unspecified atom stereocenters. The number of nitrogens with two attached hydrogens (primary N) is 1. The Balaban J connectivity index is 2.05. The number of hydrogen-bond donors (Lipinski definition) is 3. The molecule has 0 fully saturated rings. The summed E-state index contributed by atoms with van der Waals surface area (Å²) < 4.78 is 0. The summed E-state index contributed by atoms with van der Waals surface area (Å²) >= 11 is 11.9. The molecule has 2 aromatic carbocycles. The standard InChI is InChI=1S/C14H13Cl2N3O/c15-10-4-9(5-11(16)6-10)8-18-12-2-1-3-13(7-12)19-14(17)20/h1-7,18H,8H2,(H3,17,19,20). The van der Waals surface area contributed by atoms with Gasteiger partial charge in [-0.2, -0.15) is 0 Å². The molecular formula is C14H13Cl2N3O. The van der Waals surface area contributed by atoms with Gasteiger partial charge in [-0.05, 0) is 42.0 Å². The van der Waals surface area contributed by atoms with Crippen molar-refractivity contribution in [3.63, 3.8) is 0 Å². The van der Waals surface area contributed by atoms with Crippen molar-refractivity contribution < 1.29 is 4.79 Å². The first-order chi connectivity index (χ1) is 9.52. The number of carbonyl (C=O) groups is 1. The lowest BCUT2D eigenvalue weighted by molar-refractivity contribution is 0.259. The number of rotatable bonds is 4. The molecular weight excluding hydrogens is 297 g/mol. The maximum atomic E-state index is 10.8. The van der Waals surface area contributed by atoms with Gasteiger partial charge in [-0.25, -0.2) is 4.79 Å². The second kappa shape index (κ2) is 6.50. The van der Waals surface area contributed by atoms with Crippen molar-refractivity contribution in [2.24, 2.45) is 5.73 Å². The van der Waals surface area contributed by atoms with Gasteiger partial charge in [-0.1, -0.05) is 29.3 Å². The van der Waals surface area contributed by atoms with Gasteiger partial charge < -0.3 is 16.4 Å². The van der Waals surface area contributed by atoms with Crippen LogP contribution in [0.3, 0.4) is 0 Å². The Morgan fingerprint density at radius 3 is 2.35 bits per heavy atom. The summed E-state index contributed by atoms with van der Waals surface area (Å²) in [7, 11) is 0. The van der Waals surface area contributed by atoms with Gasteiger partial charge in [0.15, 0.2) is 0 Å². The maximum Gasteiger partial charge on any atom is 0.316 e. The van der Waals surface area contributed by atoms with Crippen LogP contribution in [0.4, 0.5) is 16.2 Å². The smallest absolute Gasteiger partial charge is 0.316 e. The van der Waals surface area contributed by atoms with E-state index < -0.39 is 6.03 Å². The molecule has 0 aliphatic heterocycles. The largest absolute Gasteiger partial charge is 0.381 e. The van der Waals surface area contributed by atoms with Gasteiger partial charge in [0.25, 0.3) is 0 Å². The maximum absolute atomic E-state index is 10.8. The Kier molecular flexibility index (Phi) is 4.71. The second-order valence-electron chi connectivity index (χ2n) is 4.20. The van der Waals surface area contributed by atoms with E-state index in [1.165, 1.54) is 0 Å². The second-order valence-corrected chi connectivity index (χ2v) is 5.07. The molecule has 4 N–H and O–H groups in total. The Bertz CT molecular complexity index is 611. The van der Waals surface area contributed by atoms with E-state index in [0.717, 1.165) is 11.3 Å². The van der Waals surface area contributed by atoms with Crippen LogP contribution in [0.2, 0.25) is 10.0 Å². The van der Waals surface area contributed by atoms with Crippen LogP contribution in [0, 0.1) is 0 Å². The predicted octanol–water partition coefficient (Wildman–Crippen LogP) is 4.10. The summed E-state index contributed by atoms with van der Waals surface area (Å²) in [6.45, 7) is 0.570. The zero-order chi connectivity index (χ0) is 14.5. The summed E-state index contributed by atoms with van der Waals surface area (Å²) in [4.78, 5) is 10.8. The van der Waals surface area contributed by atoms with Crippen LogP contribution in [0.15, 0.2) is 42.5 Å². The quantitative estimate of drug-likeness (QED) is 0.796. The lowest BCUT2D eigenvalue weighted by Gasteiger charge is -2.09. The Hall–Kier alpha value is -1.91. The molecule has 0 heterocycles. The van der Waals surface area contributed by atoms with Gasteiger partial charge in [-0.15, -0.1) is 0 Å². The van der Waals surface area contributed by atoms with Crippen LogP contribution in [0.25, 0.3) is 0 Å². The van der Waals surface area contributed by atoms with Gasteiger partial charge >= 0.3 is 6.03 Å². The zero-order valence-corrected chi connectivity index (χ0v) is 12.0. The molecule has 0 spiro atoms. The number of amides is 2. The molecule has 0 aliphatic carbocycles. The zero-order valence-electron chi connectivity index (χ0n) is 10.5. The van der Waals surface area contributed by atoms with E-state index in [1.807, 2.05) is 24.3 Å². The van der Waals surface area contributed by atoms with E-state index in [-0.39, 0.29) is 0 Å². The Morgan fingerprint density at radius 1 is 1.05 bits per heavy atom. The summed E-state index contributed by atoms with van der Waals surface area (Å²) in [5.74, 6) is 0. The normalized spacial score (nSPS) is 10.1. The third-order valence-electron chi connectivity index (χ3n) is 2.55. The number of anilines is 2. The fraction of sp³-hybridized carbons (Fsp3) is 0.0714. The van der Waals surface area contributed by atoms with Crippen LogP contribution in [0.5, 0.6) is 0 Å². The highest BCUT2D eigenvalue weighted by molar-refractivity contribution is 6.34. The molecule has 0 aromatic heterocycles. The van der Waals surface area contributed by atoms with Gasteiger partial charge in [0, 0.05) is 28.0 Å². The number of primary amides is 1. The lowest BCUT2D eigenvalue weighted by atomic mass is 10.2. The topological polar surface area (TPSA) is 67.2 Å². The van der Waals surface area contributed by atoms with E-state index in [1.54, 1.807) is 18.2 Å². The molecule has 4 nitrogen and oxygen atoms in total. The van der Waals surface area contributed by atoms with E-state index in [2.05, 4.69) is 10.6 Å². The monoisotopic (exact) mass is 309 g/mol. The minimum Gasteiger partial charge on any atom is -0.381 e. The first-order valence-corrected chi connectivity index (χ1v) is 6.64. The average Bonchev–Trinajstić information content (AvgIpc) is 2.35. The van der Waals surface area contributed by atoms with Gasteiger partial charge in [0.1, 0.15) is 0 Å².